The van der Waals surface area contributed by atoms with E-state index < -0.39 is 70.9 Å². The molecule has 0 fully saturated rings. The van der Waals surface area contributed by atoms with E-state index in [0.717, 1.165) is 0 Å². The van der Waals surface area contributed by atoms with Crippen LogP contribution in [0.2, 0.25) is 0 Å². The molecule has 0 aliphatic rings. The Morgan fingerprint density at radius 1 is 0.750 bits per heavy atom. The number of hydrogen-bond acceptors (Lipinski definition) is 12. The van der Waals surface area contributed by atoms with Crippen molar-refractivity contribution in [2.45, 2.75) is 124 Å². The molecule has 0 bridgehead atoms. The number of nitrogens with zero attached hydrogens (tertiary/aromatic N) is 3. The van der Waals surface area contributed by atoms with Gasteiger partial charge in [-0.3, -0.25) is 14.9 Å². The molecule has 0 aliphatic carbocycles. The zero-order valence-electron chi connectivity index (χ0n) is 33.9. The topological polar surface area (TPSA) is 214 Å². The maximum absolute atomic E-state index is 13.2. The highest BCUT2D eigenvalue weighted by Crippen LogP contribution is 2.23. The number of aromatic nitrogens is 2. The van der Waals surface area contributed by atoms with Crippen LogP contribution in [0.5, 0.6) is 5.75 Å². The van der Waals surface area contributed by atoms with E-state index in [1.807, 2.05) is 0 Å². The van der Waals surface area contributed by atoms with Gasteiger partial charge in [-0.25, -0.2) is 24.2 Å². The highest BCUT2D eigenvalue weighted by atomic mass is 16.6. The molecule has 2 heterocycles. The molecule has 3 rings (SSSR count). The van der Waals surface area contributed by atoms with Crippen molar-refractivity contribution in [1.29, 1.82) is 0 Å². The number of anilines is 1. The summed E-state index contributed by atoms with van der Waals surface area (Å²) in [7, 11) is 0. The van der Waals surface area contributed by atoms with Crippen molar-refractivity contribution in [1.82, 2.24) is 20.0 Å². The van der Waals surface area contributed by atoms with E-state index in [1.54, 1.807) is 99.7 Å². The first-order valence-corrected chi connectivity index (χ1v) is 17.8. The lowest BCUT2D eigenvalue weighted by atomic mass is 10.1. The minimum atomic E-state index is -1.30. The molecule has 1 unspecified atom stereocenters. The van der Waals surface area contributed by atoms with Crippen molar-refractivity contribution in [3.8, 4) is 5.75 Å². The predicted molar refractivity (Wildman–Crippen MR) is 205 cm³/mol. The van der Waals surface area contributed by atoms with Gasteiger partial charge in [-0.05, 0) is 119 Å². The zero-order valence-corrected chi connectivity index (χ0v) is 33.9. The molecule has 1 aromatic carbocycles. The van der Waals surface area contributed by atoms with Crippen molar-refractivity contribution in [3.05, 3.63) is 60.0 Å². The Hall–Kier alpha value is -6.00. The number of imidazole rings is 1. The number of aliphatic imine (C=N–C) groups is 1. The fourth-order valence-corrected chi connectivity index (χ4v) is 4.64. The number of amides is 3. The van der Waals surface area contributed by atoms with E-state index in [4.69, 9.17) is 23.7 Å². The number of hydrogen-bond donors (Lipinski definition) is 3. The van der Waals surface area contributed by atoms with E-state index in [1.165, 1.54) is 36.5 Å². The van der Waals surface area contributed by atoms with Gasteiger partial charge in [0.1, 0.15) is 28.4 Å². The summed E-state index contributed by atoms with van der Waals surface area (Å²) in [6.45, 7) is 20.1. The zero-order chi connectivity index (χ0) is 42.2. The number of carbonyl (C=O) groups is 6. The molecule has 0 radical (unpaired) electrons. The summed E-state index contributed by atoms with van der Waals surface area (Å²) in [5.74, 6) is -2.97. The number of ether oxygens (including phenoxy) is 5. The van der Waals surface area contributed by atoms with Gasteiger partial charge in [0, 0.05) is 23.8 Å². The maximum atomic E-state index is 13.2. The van der Waals surface area contributed by atoms with E-state index in [0.29, 0.717) is 11.4 Å². The quantitative estimate of drug-likeness (QED) is 0.100. The van der Waals surface area contributed by atoms with Crippen molar-refractivity contribution in [3.63, 3.8) is 0 Å². The van der Waals surface area contributed by atoms with Crippen LogP contribution in [0.1, 0.15) is 106 Å². The van der Waals surface area contributed by atoms with Crippen molar-refractivity contribution >= 4 is 53.3 Å². The van der Waals surface area contributed by atoms with Crippen LogP contribution in [-0.2, 0) is 39.8 Å². The van der Waals surface area contributed by atoms with Crippen LogP contribution in [0.15, 0.2) is 53.8 Å². The molecule has 0 saturated carbocycles. The third-order valence-electron chi connectivity index (χ3n) is 6.56. The number of benzene rings is 1. The molecule has 0 saturated heterocycles. The summed E-state index contributed by atoms with van der Waals surface area (Å²) < 4.78 is 28.5. The van der Waals surface area contributed by atoms with Gasteiger partial charge in [0.25, 0.3) is 0 Å². The fraction of sp³-hybridized carbons (Fsp3) is 0.487. The number of pyridine rings is 1. The number of rotatable bonds is 9. The van der Waals surface area contributed by atoms with Crippen LogP contribution < -0.4 is 20.7 Å². The van der Waals surface area contributed by atoms with Crippen LogP contribution in [0.3, 0.4) is 0 Å². The van der Waals surface area contributed by atoms with Gasteiger partial charge in [0.15, 0.2) is 11.4 Å². The minimum Gasteiger partial charge on any atom is -0.460 e. The van der Waals surface area contributed by atoms with Crippen LogP contribution in [-0.4, -0.2) is 79.8 Å². The van der Waals surface area contributed by atoms with Crippen LogP contribution in [0.4, 0.5) is 15.3 Å². The Morgan fingerprint density at radius 3 is 1.91 bits per heavy atom. The summed E-state index contributed by atoms with van der Waals surface area (Å²) in [5, 5.41) is 7.78. The largest absolute Gasteiger partial charge is 0.460 e. The number of carbonyl (C=O) groups excluding carboxylic acids is 6. The standard InChI is InChI=1S/C39H52N6O11/c1-36(2,3)53-29(47)22-26(32(49)54-37(4,5)6)42-28(46)21-25-17-18-27(30-40-19-20-45(25)30)52-31(48)23-13-15-24(16-14-23)41-33(43-34(50)55-38(7,8)9)44-35(51)56-39(10,11)12/h13-20,26H,21-22H2,1-12H3,(H,42,46)(H2,41,43,44,50,51). The first-order valence-electron chi connectivity index (χ1n) is 17.8. The Kier molecular flexibility index (Phi) is 14.0. The van der Waals surface area contributed by atoms with Crippen LogP contribution in [0, 0.1) is 0 Å². The molecule has 304 valence electrons. The third-order valence-corrected chi connectivity index (χ3v) is 6.56. The van der Waals surface area contributed by atoms with E-state index >= 15 is 0 Å². The van der Waals surface area contributed by atoms with E-state index in [-0.39, 0.29) is 29.3 Å². The van der Waals surface area contributed by atoms with Crippen molar-refractivity contribution in [2.75, 3.05) is 5.32 Å². The highest BCUT2D eigenvalue weighted by molar-refractivity contribution is 6.06. The number of fused-ring (bicyclic) bond motifs is 1. The van der Waals surface area contributed by atoms with Gasteiger partial charge in [-0.1, -0.05) is 0 Å². The second kappa shape index (κ2) is 17.6. The van der Waals surface area contributed by atoms with Crippen LogP contribution in [0.25, 0.3) is 5.65 Å². The summed E-state index contributed by atoms with van der Waals surface area (Å²) in [4.78, 5) is 84.9. The highest BCUT2D eigenvalue weighted by Gasteiger charge is 2.31. The van der Waals surface area contributed by atoms with Gasteiger partial charge in [0.05, 0.1) is 18.4 Å². The molecular formula is C39H52N6O11. The van der Waals surface area contributed by atoms with Gasteiger partial charge in [-0.15, -0.1) is 4.99 Å². The van der Waals surface area contributed by atoms with Gasteiger partial charge in [-0.2, -0.15) is 0 Å². The summed E-state index contributed by atoms with van der Waals surface area (Å²) in [6, 6.07) is 7.63. The number of guanidine groups is 1. The van der Waals surface area contributed by atoms with Crippen LogP contribution >= 0.6 is 0 Å². The smallest absolute Gasteiger partial charge is 0.437 e. The average Bonchev–Trinajstić information content (AvgIpc) is 3.49. The van der Waals surface area contributed by atoms with Gasteiger partial charge >= 0.3 is 30.1 Å². The summed E-state index contributed by atoms with van der Waals surface area (Å²) >= 11 is 0. The third kappa shape index (κ3) is 15.4. The molecule has 1 atom stereocenters. The SMILES string of the molecule is CC(C)(C)OC(=O)CC(NC(=O)Cc1ccc(OC(=O)c2ccc(N/C(=N/C(=O)OC(C)(C)C)NC(=O)OC(C)(C)C)cc2)c2nccn12)C(=O)OC(C)(C)C. The first-order chi connectivity index (χ1) is 25.7. The van der Waals surface area contributed by atoms with Crippen molar-refractivity contribution < 1.29 is 52.5 Å². The van der Waals surface area contributed by atoms with E-state index in [9.17, 15) is 28.8 Å². The lowest BCUT2D eigenvalue weighted by molar-refractivity contribution is -0.165. The lowest BCUT2D eigenvalue weighted by Gasteiger charge is -2.25. The molecule has 3 N–H and O–H groups in total. The molecule has 56 heavy (non-hydrogen) atoms. The second-order valence-corrected chi connectivity index (χ2v) is 16.6. The molecule has 0 aliphatic heterocycles. The molecule has 3 amide bonds. The first kappa shape index (κ1) is 44.4. The summed E-state index contributed by atoms with van der Waals surface area (Å²) in [5.41, 5.74) is -2.17. The predicted octanol–water partition coefficient (Wildman–Crippen LogP) is 5.88. The van der Waals surface area contributed by atoms with E-state index in [2.05, 4.69) is 25.9 Å². The Balaban J connectivity index is 1.75. The molecule has 17 nitrogen and oxygen atoms in total. The minimum absolute atomic E-state index is 0.0938. The molecule has 17 heteroatoms. The Labute approximate surface area is 325 Å². The number of nitrogens with one attached hydrogen (secondary N) is 3. The Morgan fingerprint density at radius 2 is 1.34 bits per heavy atom. The van der Waals surface area contributed by atoms with Gasteiger partial charge in [0.2, 0.25) is 11.9 Å². The summed E-state index contributed by atoms with van der Waals surface area (Å²) in [6.07, 6.45) is 0.537. The average molecular weight is 781 g/mol. The molecule has 2 aromatic heterocycles. The molecular weight excluding hydrogens is 728 g/mol. The lowest BCUT2D eigenvalue weighted by Crippen LogP contribution is -2.46. The maximum Gasteiger partial charge on any atom is 0.437 e. The van der Waals surface area contributed by atoms with Gasteiger partial charge < -0.3 is 38.7 Å². The molecule has 3 aromatic rings. The molecule has 0 spiro atoms. The monoisotopic (exact) mass is 780 g/mol. The fourth-order valence-electron chi connectivity index (χ4n) is 4.64. The Bertz CT molecular complexity index is 1960. The van der Waals surface area contributed by atoms with Crippen molar-refractivity contribution in [2.24, 2.45) is 4.99 Å². The normalized spacial score (nSPS) is 12.9. The second-order valence-electron chi connectivity index (χ2n) is 16.6. The number of alkyl carbamates (subject to hydrolysis) is 1. The number of esters is 3.